The summed E-state index contributed by atoms with van der Waals surface area (Å²) in [6.45, 7) is 2.57. The number of hydrogen-bond acceptors (Lipinski definition) is 5. The van der Waals surface area contributed by atoms with Gasteiger partial charge < -0.3 is 14.6 Å². The molecule has 2 heterocycles. The highest BCUT2D eigenvalue weighted by molar-refractivity contribution is 6.21. The molecule has 1 aliphatic heterocycles. The number of fused-ring (bicyclic) bond motifs is 4. The van der Waals surface area contributed by atoms with Crippen molar-refractivity contribution in [1.29, 1.82) is 0 Å². The van der Waals surface area contributed by atoms with Crippen LogP contribution in [0, 0.1) is 0 Å². The van der Waals surface area contributed by atoms with Gasteiger partial charge in [0.25, 0.3) is 11.4 Å². The van der Waals surface area contributed by atoms with Crippen LogP contribution in [0.25, 0.3) is 5.76 Å². The maximum atomic E-state index is 13.4. The fourth-order valence-corrected chi connectivity index (χ4v) is 4.80. The summed E-state index contributed by atoms with van der Waals surface area (Å²) in [6.07, 6.45) is 0.855. The SMILES string of the molecule is CCCOc1ccc(C2C3=C(O)c4ccccc4C3=[NH+]c3c2c(=O)n(C)c(=O)n3C)cc1OC. The summed E-state index contributed by atoms with van der Waals surface area (Å²) in [5.41, 5.74) is 3.03. The standard InChI is InChI=1S/C26H25N3O5/c1-5-12-34-17-11-10-14(13-18(17)33-4)19-20-22(15-8-6-7-9-16(15)23(20)30)27-24-21(19)25(31)29(3)26(32)28(24)2/h6-11,13,19,30H,5,12H2,1-4H3/p+1. The molecule has 8 nitrogen and oxygen atoms in total. The number of nitrogens with zero attached hydrogens (tertiary/aromatic N) is 2. The summed E-state index contributed by atoms with van der Waals surface area (Å²) in [7, 11) is 4.65. The lowest BCUT2D eigenvalue weighted by atomic mass is 9.81. The van der Waals surface area contributed by atoms with E-state index >= 15 is 0 Å². The van der Waals surface area contributed by atoms with E-state index in [0.717, 1.165) is 22.1 Å². The van der Waals surface area contributed by atoms with E-state index in [4.69, 9.17) is 9.47 Å². The zero-order valence-corrected chi connectivity index (χ0v) is 19.5. The Kier molecular flexibility index (Phi) is 5.16. The van der Waals surface area contributed by atoms with Gasteiger partial charge >= 0.3 is 5.69 Å². The predicted octanol–water partition coefficient (Wildman–Crippen LogP) is 1.51. The summed E-state index contributed by atoms with van der Waals surface area (Å²) in [5, 5.41) is 11.3. The van der Waals surface area contributed by atoms with E-state index in [9.17, 15) is 14.7 Å². The molecule has 0 saturated heterocycles. The van der Waals surface area contributed by atoms with Crippen LogP contribution in [0.4, 0.5) is 5.82 Å². The number of allylic oxidation sites excluding steroid dienone is 1. The smallest absolute Gasteiger partial charge is 0.417 e. The van der Waals surface area contributed by atoms with Crippen molar-refractivity contribution in [3.8, 4) is 11.5 Å². The van der Waals surface area contributed by atoms with Crippen LogP contribution >= 0.6 is 0 Å². The highest BCUT2D eigenvalue weighted by atomic mass is 16.5. The zero-order valence-electron chi connectivity index (χ0n) is 19.5. The average Bonchev–Trinajstić information content (AvgIpc) is 3.15. The fraction of sp³-hybridized carbons (Fsp3) is 0.269. The topological polar surface area (TPSA) is 96.7 Å². The molecule has 1 unspecified atom stereocenters. The molecule has 0 fully saturated rings. The van der Waals surface area contributed by atoms with Crippen molar-refractivity contribution in [2.75, 3.05) is 13.7 Å². The molecule has 1 aliphatic carbocycles. The van der Waals surface area contributed by atoms with E-state index in [0.29, 0.717) is 46.3 Å². The van der Waals surface area contributed by atoms with Gasteiger partial charge in [-0.1, -0.05) is 31.2 Å². The van der Waals surface area contributed by atoms with Gasteiger partial charge in [-0.25, -0.2) is 14.4 Å². The molecule has 0 bridgehead atoms. The van der Waals surface area contributed by atoms with Gasteiger partial charge in [-0.3, -0.25) is 4.79 Å². The first-order chi connectivity index (χ1) is 16.4. The van der Waals surface area contributed by atoms with Crippen LogP contribution in [0.1, 0.15) is 41.5 Å². The van der Waals surface area contributed by atoms with E-state index in [-0.39, 0.29) is 5.76 Å². The Bertz CT molecular complexity index is 1510. The quantitative estimate of drug-likeness (QED) is 0.602. The van der Waals surface area contributed by atoms with Crippen LogP contribution in [0.15, 0.2) is 57.6 Å². The van der Waals surface area contributed by atoms with Crippen molar-refractivity contribution in [3.63, 3.8) is 0 Å². The monoisotopic (exact) mass is 460 g/mol. The number of aromatic nitrogens is 2. The molecule has 34 heavy (non-hydrogen) atoms. The Morgan fingerprint density at radius 2 is 1.76 bits per heavy atom. The number of methoxy groups -OCH3 is 1. The minimum atomic E-state index is -0.627. The molecule has 5 rings (SSSR count). The summed E-state index contributed by atoms with van der Waals surface area (Å²) >= 11 is 0. The Labute approximate surface area is 196 Å². The molecular weight excluding hydrogens is 434 g/mol. The summed E-state index contributed by atoms with van der Waals surface area (Å²) in [4.78, 5) is 29.5. The number of hydrogen-bond donors (Lipinski definition) is 2. The molecular formula is C26H26N3O5+. The molecule has 0 saturated carbocycles. The third kappa shape index (κ3) is 3.02. The van der Waals surface area contributed by atoms with Gasteiger partial charge in [0, 0.05) is 18.2 Å². The van der Waals surface area contributed by atoms with Crippen molar-refractivity contribution in [2.24, 2.45) is 14.1 Å². The van der Waals surface area contributed by atoms with E-state index < -0.39 is 17.2 Å². The Balaban J connectivity index is 1.83. The van der Waals surface area contributed by atoms with Gasteiger partial charge in [0.1, 0.15) is 17.0 Å². The van der Waals surface area contributed by atoms with Crippen molar-refractivity contribution >= 4 is 17.3 Å². The maximum Gasteiger partial charge on any atom is 0.417 e. The average molecular weight is 461 g/mol. The second kappa shape index (κ2) is 8.06. The maximum absolute atomic E-state index is 13.4. The minimum Gasteiger partial charge on any atom is -0.507 e. The summed E-state index contributed by atoms with van der Waals surface area (Å²) in [6, 6.07) is 13.0. The number of nitrogens with one attached hydrogen (secondary N) is 1. The van der Waals surface area contributed by atoms with E-state index in [1.165, 1.54) is 11.6 Å². The summed E-state index contributed by atoms with van der Waals surface area (Å²) < 4.78 is 13.9. The highest BCUT2D eigenvalue weighted by Crippen LogP contribution is 2.45. The number of benzene rings is 2. The Morgan fingerprint density at radius 3 is 2.47 bits per heavy atom. The van der Waals surface area contributed by atoms with Crippen LogP contribution in [0.3, 0.4) is 0 Å². The lowest BCUT2D eigenvalue weighted by Gasteiger charge is -2.24. The number of aliphatic hydroxyl groups excluding tert-OH is 1. The molecule has 3 aromatic rings. The van der Waals surface area contributed by atoms with Gasteiger partial charge in [0.15, 0.2) is 11.5 Å². The molecule has 0 radical (unpaired) electrons. The van der Waals surface area contributed by atoms with E-state index in [2.05, 4.69) is 4.99 Å². The number of ether oxygens (including phenoxy) is 2. The number of aliphatic hydroxyl groups is 1. The van der Waals surface area contributed by atoms with Crippen molar-refractivity contribution < 1.29 is 19.6 Å². The molecule has 2 N–H and O–H groups in total. The van der Waals surface area contributed by atoms with Gasteiger partial charge in [0.2, 0.25) is 0 Å². The van der Waals surface area contributed by atoms with Crippen LogP contribution in [0.5, 0.6) is 11.5 Å². The lowest BCUT2D eigenvalue weighted by molar-refractivity contribution is -0.364. The van der Waals surface area contributed by atoms with E-state index in [1.807, 2.05) is 49.4 Å². The molecule has 174 valence electrons. The normalized spacial score (nSPS) is 16.0. The molecule has 2 aromatic carbocycles. The molecule has 1 atom stereocenters. The van der Waals surface area contributed by atoms with Gasteiger partial charge in [-0.05, 0) is 30.2 Å². The Morgan fingerprint density at radius 1 is 1.03 bits per heavy atom. The first kappa shape index (κ1) is 21.8. The zero-order chi connectivity index (χ0) is 24.1. The fourth-order valence-electron chi connectivity index (χ4n) is 4.80. The van der Waals surface area contributed by atoms with Crippen LogP contribution in [-0.2, 0) is 14.1 Å². The summed E-state index contributed by atoms with van der Waals surface area (Å²) in [5.74, 6) is 1.03. The van der Waals surface area contributed by atoms with Gasteiger partial charge in [-0.2, -0.15) is 4.57 Å². The molecule has 0 amide bonds. The molecule has 1 aromatic heterocycles. The largest absolute Gasteiger partial charge is 0.507 e. The molecule has 8 heteroatoms. The molecule has 2 aliphatic rings. The lowest BCUT2D eigenvalue weighted by Crippen LogP contribution is -2.73. The predicted molar refractivity (Wildman–Crippen MR) is 128 cm³/mol. The molecule has 0 spiro atoms. The second-order valence-corrected chi connectivity index (χ2v) is 8.47. The second-order valence-electron chi connectivity index (χ2n) is 8.47. The van der Waals surface area contributed by atoms with Crippen molar-refractivity contribution in [1.82, 2.24) is 9.13 Å². The number of rotatable bonds is 5. The first-order valence-corrected chi connectivity index (χ1v) is 11.2. The first-order valence-electron chi connectivity index (χ1n) is 11.2. The third-order valence-electron chi connectivity index (χ3n) is 6.48. The van der Waals surface area contributed by atoms with Crippen LogP contribution < -0.4 is 25.7 Å². The van der Waals surface area contributed by atoms with Crippen LogP contribution in [0.2, 0.25) is 0 Å². The van der Waals surface area contributed by atoms with Gasteiger partial charge in [0.05, 0.1) is 32.3 Å². The highest BCUT2D eigenvalue weighted by Gasteiger charge is 2.44. The third-order valence-corrected chi connectivity index (χ3v) is 6.48. The van der Waals surface area contributed by atoms with Crippen molar-refractivity contribution in [3.05, 3.63) is 91.1 Å². The van der Waals surface area contributed by atoms with Gasteiger partial charge in [-0.15, -0.1) is 0 Å². The minimum absolute atomic E-state index is 0.106. The van der Waals surface area contributed by atoms with Crippen molar-refractivity contribution in [2.45, 2.75) is 19.3 Å². The van der Waals surface area contributed by atoms with Crippen LogP contribution in [-0.4, -0.2) is 33.7 Å². The van der Waals surface area contributed by atoms with E-state index in [1.54, 1.807) is 14.2 Å². The Hall–Kier alpha value is -4.07.